The van der Waals surface area contributed by atoms with Gasteiger partial charge in [-0.1, -0.05) is 0 Å². The molecule has 3 rings (SSSR count). The first-order chi connectivity index (χ1) is 10.2. The molecule has 21 heavy (non-hydrogen) atoms. The molecule has 8 nitrogen and oxygen atoms in total. The summed E-state index contributed by atoms with van der Waals surface area (Å²) in [5.41, 5.74) is 1.03. The van der Waals surface area contributed by atoms with E-state index in [1.54, 1.807) is 12.3 Å². The Morgan fingerprint density at radius 3 is 2.81 bits per heavy atom. The Bertz CT molecular complexity index is 815. The van der Waals surface area contributed by atoms with Crippen LogP contribution < -0.4 is 5.84 Å². The molecule has 0 saturated carbocycles. The second-order valence-electron chi connectivity index (χ2n) is 4.02. The smallest absolute Gasteiger partial charge is 0.216 e. The first kappa shape index (κ1) is 13.1. The Morgan fingerprint density at radius 1 is 1.33 bits per heavy atom. The molecule has 0 aliphatic heterocycles. The molecule has 104 valence electrons. The predicted molar refractivity (Wildman–Crippen MR) is 73.5 cm³/mol. The van der Waals surface area contributed by atoms with E-state index in [1.165, 1.54) is 28.8 Å². The topological polar surface area (TPSA) is 119 Å². The van der Waals surface area contributed by atoms with Crippen molar-refractivity contribution >= 4 is 11.8 Å². The molecule has 9 heteroatoms. The Balaban J connectivity index is 1.89. The maximum Gasteiger partial charge on any atom is 0.216 e. The normalized spacial score (nSPS) is 10.5. The zero-order valence-electron chi connectivity index (χ0n) is 10.9. The highest BCUT2D eigenvalue weighted by Crippen LogP contribution is 2.27. The fourth-order valence-electron chi connectivity index (χ4n) is 1.67. The van der Waals surface area contributed by atoms with E-state index in [-0.39, 0.29) is 5.69 Å². The van der Waals surface area contributed by atoms with Crippen molar-refractivity contribution in [2.24, 2.45) is 0 Å². The number of nitrogen functional groups attached to an aromatic ring is 1. The lowest BCUT2D eigenvalue weighted by Crippen LogP contribution is -2.11. The summed E-state index contributed by atoms with van der Waals surface area (Å²) in [5, 5.41) is 17.8. The molecule has 0 spiro atoms. The van der Waals surface area contributed by atoms with E-state index in [0.29, 0.717) is 21.8 Å². The van der Waals surface area contributed by atoms with Crippen molar-refractivity contribution in [2.45, 2.75) is 17.1 Å². The molecule has 3 heterocycles. The van der Waals surface area contributed by atoms with Gasteiger partial charge in [-0.2, -0.15) is 5.26 Å². The summed E-state index contributed by atoms with van der Waals surface area (Å²) in [7, 11) is 0. The van der Waals surface area contributed by atoms with E-state index in [9.17, 15) is 0 Å². The van der Waals surface area contributed by atoms with Gasteiger partial charge in [0.25, 0.3) is 0 Å². The lowest BCUT2D eigenvalue weighted by molar-refractivity contribution is 0.535. The van der Waals surface area contributed by atoms with Crippen LogP contribution in [0.2, 0.25) is 0 Å². The van der Waals surface area contributed by atoms with Gasteiger partial charge in [-0.15, -0.1) is 10.2 Å². The van der Waals surface area contributed by atoms with Gasteiger partial charge in [0.1, 0.15) is 16.9 Å². The van der Waals surface area contributed by atoms with E-state index in [1.807, 2.05) is 13.0 Å². The van der Waals surface area contributed by atoms with Gasteiger partial charge in [0.15, 0.2) is 11.5 Å². The van der Waals surface area contributed by atoms with Crippen molar-refractivity contribution in [1.29, 1.82) is 5.26 Å². The summed E-state index contributed by atoms with van der Waals surface area (Å²) in [5.74, 6) is 7.21. The average Bonchev–Trinajstić information content (AvgIpc) is 3.07. The van der Waals surface area contributed by atoms with Crippen LogP contribution >= 0.6 is 11.8 Å². The lowest BCUT2D eigenvalue weighted by Gasteiger charge is -2.02. The van der Waals surface area contributed by atoms with Gasteiger partial charge in [-0.25, -0.2) is 14.6 Å². The van der Waals surface area contributed by atoms with Crippen molar-refractivity contribution in [3.8, 4) is 17.5 Å². The number of aryl methyl sites for hydroxylation is 1. The van der Waals surface area contributed by atoms with Gasteiger partial charge >= 0.3 is 0 Å². The van der Waals surface area contributed by atoms with E-state index >= 15 is 0 Å². The van der Waals surface area contributed by atoms with Crippen molar-refractivity contribution in [1.82, 2.24) is 24.8 Å². The molecule has 3 aromatic heterocycles. The van der Waals surface area contributed by atoms with Gasteiger partial charge < -0.3 is 10.3 Å². The first-order valence-corrected chi connectivity index (χ1v) is 6.65. The highest BCUT2D eigenvalue weighted by Gasteiger charge is 2.16. The van der Waals surface area contributed by atoms with E-state index in [2.05, 4.69) is 20.2 Å². The summed E-state index contributed by atoms with van der Waals surface area (Å²) >= 11 is 1.21. The number of furan rings is 1. The largest absolute Gasteiger partial charge is 0.469 e. The number of rotatable bonds is 3. The molecule has 0 amide bonds. The Kier molecular flexibility index (Phi) is 3.29. The summed E-state index contributed by atoms with van der Waals surface area (Å²) in [6.07, 6.45) is 4.44. The van der Waals surface area contributed by atoms with Crippen LogP contribution in [0.4, 0.5) is 0 Å². The number of hydrogen-bond donors (Lipinski definition) is 1. The molecule has 0 saturated heterocycles. The summed E-state index contributed by atoms with van der Waals surface area (Å²) in [6.45, 7) is 1.82. The minimum atomic E-state index is 0.253. The molecule has 0 aliphatic rings. The van der Waals surface area contributed by atoms with E-state index < -0.39 is 0 Å². The van der Waals surface area contributed by atoms with Gasteiger partial charge in [0.05, 0.1) is 24.2 Å². The Hall–Kier alpha value is -2.86. The molecule has 0 bridgehead atoms. The van der Waals surface area contributed by atoms with Crippen molar-refractivity contribution in [3.63, 3.8) is 0 Å². The van der Waals surface area contributed by atoms with Gasteiger partial charge in [0, 0.05) is 0 Å². The standard InChI is InChI=1S/C12H9N7OS/c1-7-9(2-3-20-7)11-17-18-12(19(11)14)21-10-6-15-8(4-13)5-16-10/h2-3,5-6H,14H2,1H3. The minimum Gasteiger partial charge on any atom is -0.469 e. The molecule has 0 aliphatic carbocycles. The fraction of sp³-hybridized carbons (Fsp3) is 0.0833. The SMILES string of the molecule is Cc1occc1-c1nnc(Sc2cnc(C#N)cn2)n1N. The Morgan fingerprint density at radius 2 is 2.19 bits per heavy atom. The van der Waals surface area contributed by atoms with Crippen molar-refractivity contribution in [3.05, 3.63) is 36.2 Å². The molecule has 0 atom stereocenters. The van der Waals surface area contributed by atoms with E-state index in [4.69, 9.17) is 15.5 Å². The van der Waals surface area contributed by atoms with Gasteiger partial charge in [-0.05, 0) is 24.8 Å². The zero-order valence-corrected chi connectivity index (χ0v) is 11.7. The van der Waals surface area contributed by atoms with Crippen LogP contribution in [-0.4, -0.2) is 24.8 Å². The van der Waals surface area contributed by atoms with Crippen molar-refractivity contribution < 1.29 is 4.42 Å². The van der Waals surface area contributed by atoms with Crippen LogP contribution in [0.1, 0.15) is 11.5 Å². The predicted octanol–water partition coefficient (Wildman–Crippen LogP) is 1.37. The molecule has 0 unspecified atom stereocenters. The van der Waals surface area contributed by atoms with Crippen LogP contribution in [-0.2, 0) is 0 Å². The third kappa shape index (κ3) is 2.44. The maximum absolute atomic E-state index is 8.68. The molecular formula is C12H9N7OS. The lowest BCUT2D eigenvalue weighted by atomic mass is 10.2. The minimum absolute atomic E-state index is 0.253. The highest BCUT2D eigenvalue weighted by molar-refractivity contribution is 7.99. The summed E-state index contributed by atoms with van der Waals surface area (Å²) in [4.78, 5) is 8.03. The number of hydrogen-bond acceptors (Lipinski definition) is 8. The number of nitrogens with two attached hydrogens (primary N) is 1. The van der Waals surface area contributed by atoms with Crippen LogP contribution in [0.15, 0.2) is 39.3 Å². The monoisotopic (exact) mass is 299 g/mol. The van der Waals surface area contributed by atoms with Crippen LogP contribution in [0.3, 0.4) is 0 Å². The molecule has 0 aromatic carbocycles. The molecule has 2 N–H and O–H groups in total. The number of nitrogens with zero attached hydrogens (tertiary/aromatic N) is 6. The molecule has 0 fully saturated rings. The number of nitriles is 1. The second kappa shape index (κ2) is 5.26. The second-order valence-corrected chi connectivity index (χ2v) is 5.01. The van der Waals surface area contributed by atoms with Crippen LogP contribution in [0, 0.1) is 18.3 Å². The van der Waals surface area contributed by atoms with Crippen molar-refractivity contribution in [2.75, 3.05) is 5.84 Å². The Labute approximate surface area is 123 Å². The fourth-order valence-corrected chi connectivity index (χ4v) is 2.33. The third-order valence-corrected chi connectivity index (χ3v) is 3.58. The van der Waals surface area contributed by atoms with Crippen LogP contribution in [0.5, 0.6) is 0 Å². The van der Waals surface area contributed by atoms with Gasteiger partial charge in [0.2, 0.25) is 5.16 Å². The third-order valence-electron chi connectivity index (χ3n) is 2.70. The number of aromatic nitrogens is 5. The highest BCUT2D eigenvalue weighted by atomic mass is 32.2. The first-order valence-electron chi connectivity index (χ1n) is 5.84. The maximum atomic E-state index is 8.68. The molecular weight excluding hydrogens is 290 g/mol. The molecule has 0 radical (unpaired) electrons. The summed E-state index contributed by atoms with van der Waals surface area (Å²) < 4.78 is 6.59. The molecule has 3 aromatic rings. The van der Waals surface area contributed by atoms with Gasteiger partial charge in [-0.3, -0.25) is 0 Å². The average molecular weight is 299 g/mol. The van der Waals surface area contributed by atoms with Crippen LogP contribution in [0.25, 0.3) is 11.4 Å². The summed E-state index contributed by atoms with van der Waals surface area (Å²) in [6, 6.07) is 3.68. The quantitative estimate of drug-likeness (QED) is 0.720. The van der Waals surface area contributed by atoms with E-state index in [0.717, 1.165) is 5.56 Å². The zero-order chi connectivity index (χ0) is 14.8.